The molecule has 24 heavy (non-hydrogen) atoms. The van der Waals surface area contributed by atoms with Crippen LogP contribution in [0.25, 0.3) is 0 Å². The average Bonchev–Trinajstić information content (AvgIpc) is 2.92. The number of carbonyl (C=O) groups excluding carboxylic acids is 2. The molecule has 6 atom stereocenters. The van der Waals surface area contributed by atoms with E-state index in [0.29, 0.717) is 30.0 Å². The van der Waals surface area contributed by atoms with E-state index >= 15 is 0 Å². The van der Waals surface area contributed by atoms with Crippen LogP contribution in [0.3, 0.4) is 0 Å². The predicted molar refractivity (Wildman–Crippen MR) is 92.3 cm³/mol. The molecular weight excluding hydrogens is 300 g/mol. The fourth-order valence-electron chi connectivity index (χ4n) is 7.20. The largest absolute Gasteiger partial charge is 0.389 e. The zero-order chi connectivity index (χ0) is 17.1. The minimum absolute atomic E-state index is 0.0596. The van der Waals surface area contributed by atoms with Crippen LogP contribution in [0.1, 0.15) is 65.2 Å². The van der Waals surface area contributed by atoms with E-state index in [1.165, 1.54) is 18.4 Å². The van der Waals surface area contributed by atoms with E-state index in [-0.39, 0.29) is 29.1 Å². The van der Waals surface area contributed by atoms with E-state index in [9.17, 15) is 14.7 Å². The summed E-state index contributed by atoms with van der Waals surface area (Å²) in [7, 11) is 0. The number of ketones is 2. The van der Waals surface area contributed by atoms with Gasteiger partial charge < -0.3 is 5.11 Å². The first kappa shape index (κ1) is 16.5. The molecule has 4 rings (SSSR count). The molecular formula is C21H30O3. The Morgan fingerprint density at radius 3 is 2.67 bits per heavy atom. The van der Waals surface area contributed by atoms with Crippen molar-refractivity contribution in [3.8, 4) is 0 Å². The summed E-state index contributed by atoms with van der Waals surface area (Å²) in [6.45, 7) is 4.42. The zero-order valence-electron chi connectivity index (χ0n) is 15.0. The fraction of sp³-hybridized carbons (Fsp3) is 0.810. The lowest BCUT2D eigenvalue weighted by atomic mass is 9.46. The van der Waals surface area contributed by atoms with Crippen molar-refractivity contribution < 1.29 is 14.7 Å². The van der Waals surface area contributed by atoms with Crippen molar-refractivity contribution in [1.29, 1.82) is 0 Å². The Balaban J connectivity index is 1.65. The highest BCUT2D eigenvalue weighted by molar-refractivity contribution is 5.91. The van der Waals surface area contributed by atoms with Crippen molar-refractivity contribution in [3.63, 3.8) is 0 Å². The van der Waals surface area contributed by atoms with Gasteiger partial charge in [0, 0.05) is 12.3 Å². The predicted octanol–water partition coefficient (Wildman–Crippen LogP) is 3.70. The summed E-state index contributed by atoms with van der Waals surface area (Å²) in [5.74, 6) is 2.42. The van der Waals surface area contributed by atoms with E-state index in [4.69, 9.17) is 0 Å². The smallest absolute Gasteiger partial charge is 0.161 e. The lowest BCUT2D eigenvalue weighted by Crippen LogP contribution is -2.51. The molecule has 0 aromatic heterocycles. The molecule has 0 unspecified atom stereocenters. The molecule has 0 spiro atoms. The van der Waals surface area contributed by atoms with Gasteiger partial charge in [-0.1, -0.05) is 19.4 Å². The number of rotatable bonds is 2. The topological polar surface area (TPSA) is 54.4 Å². The van der Waals surface area contributed by atoms with Crippen LogP contribution in [-0.2, 0) is 9.59 Å². The molecule has 0 saturated heterocycles. The molecule has 3 saturated carbocycles. The first-order chi connectivity index (χ1) is 11.4. The first-order valence-corrected chi connectivity index (χ1v) is 9.77. The van der Waals surface area contributed by atoms with E-state index < -0.39 is 0 Å². The second-order valence-corrected chi connectivity index (χ2v) is 9.27. The van der Waals surface area contributed by atoms with Crippen LogP contribution in [0.2, 0.25) is 0 Å². The second-order valence-electron chi connectivity index (χ2n) is 9.27. The third-order valence-corrected chi connectivity index (χ3v) is 8.51. The van der Waals surface area contributed by atoms with Gasteiger partial charge in [-0.15, -0.1) is 0 Å². The quantitative estimate of drug-likeness (QED) is 0.840. The molecule has 4 aliphatic carbocycles. The lowest BCUT2D eigenvalue weighted by molar-refractivity contribution is -0.133. The van der Waals surface area contributed by atoms with Gasteiger partial charge in [-0.3, -0.25) is 9.59 Å². The molecule has 3 heteroatoms. The van der Waals surface area contributed by atoms with Gasteiger partial charge in [0.15, 0.2) is 11.6 Å². The fourth-order valence-corrected chi connectivity index (χ4v) is 7.20. The molecule has 0 aliphatic heterocycles. The minimum atomic E-state index is -0.298. The maximum Gasteiger partial charge on any atom is 0.161 e. The highest BCUT2D eigenvalue weighted by Gasteiger charge is 2.59. The number of hydrogen-bond donors (Lipinski definition) is 1. The Kier molecular flexibility index (Phi) is 3.80. The molecule has 0 bridgehead atoms. The molecule has 0 amide bonds. The Labute approximate surface area is 144 Å². The van der Waals surface area contributed by atoms with Crippen LogP contribution in [-0.4, -0.2) is 23.3 Å². The maximum atomic E-state index is 12.3. The van der Waals surface area contributed by atoms with Gasteiger partial charge in [0.1, 0.15) is 6.61 Å². The summed E-state index contributed by atoms with van der Waals surface area (Å²) in [6.07, 6.45) is 10.3. The molecule has 3 fully saturated rings. The van der Waals surface area contributed by atoms with Gasteiger partial charge in [-0.25, -0.2) is 0 Å². The summed E-state index contributed by atoms with van der Waals surface area (Å²) >= 11 is 0. The number of hydrogen-bond acceptors (Lipinski definition) is 3. The number of fused-ring (bicyclic) bond motifs is 5. The Hall–Kier alpha value is -0.960. The molecule has 3 nitrogen and oxygen atoms in total. The summed E-state index contributed by atoms with van der Waals surface area (Å²) in [6, 6.07) is 0. The van der Waals surface area contributed by atoms with E-state index in [1.54, 1.807) is 0 Å². The van der Waals surface area contributed by atoms with Crippen molar-refractivity contribution in [2.45, 2.75) is 65.2 Å². The van der Waals surface area contributed by atoms with Crippen molar-refractivity contribution in [2.24, 2.45) is 34.5 Å². The zero-order valence-corrected chi connectivity index (χ0v) is 15.0. The van der Waals surface area contributed by atoms with Gasteiger partial charge >= 0.3 is 0 Å². The third kappa shape index (κ3) is 2.13. The number of carbonyl (C=O) groups is 2. The molecule has 1 N–H and O–H groups in total. The van der Waals surface area contributed by atoms with Gasteiger partial charge in [0.2, 0.25) is 0 Å². The van der Waals surface area contributed by atoms with Crippen LogP contribution in [0.5, 0.6) is 0 Å². The van der Waals surface area contributed by atoms with Crippen LogP contribution >= 0.6 is 0 Å². The number of Topliss-reactive ketones (excluding diaryl/α,β-unsaturated/α-hetero) is 1. The summed E-state index contributed by atoms with van der Waals surface area (Å²) in [5.41, 5.74) is 1.70. The number of aliphatic hydroxyl groups is 1. The Bertz CT molecular complexity index is 606. The summed E-state index contributed by atoms with van der Waals surface area (Å²) < 4.78 is 0. The standard InChI is InChI=1S/C21H30O3/c1-20-9-7-14(23)11-13(20)3-4-15-16-5-6-18(19(24)12-22)21(16,2)10-8-17(15)20/h11,15-18,22H,3-10,12H2,1-2H3/t15-,16-,17-,18+,20-,21-/m1/s1. The third-order valence-electron chi connectivity index (χ3n) is 8.51. The normalized spacial score (nSPS) is 47.5. The molecule has 4 aliphatic rings. The molecule has 132 valence electrons. The van der Waals surface area contributed by atoms with Gasteiger partial charge in [-0.05, 0) is 79.6 Å². The van der Waals surface area contributed by atoms with Crippen LogP contribution in [0, 0.1) is 34.5 Å². The summed E-state index contributed by atoms with van der Waals surface area (Å²) in [5, 5.41) is 9.36. The number of aliphatic hydroxyl groups excluding tert-OH is 1. The van der Waals surface area contributed by atoms with Crippen molar-refractivity contribution in [3.05, 3.63) is 11.6 Å². The maximum absolute atomic E-state index is 12.3. The first-order valence-electron chi connectivity index (χ1n) is 9.77. The SMILES string of the molecule is C[C@@]12CC[C@@H]3[C@H](CCC4=CC(=O)CC[C@]43C)[C@H]1CC[C@H]2C(=O)CO. The minimum Gasteiger partial charge on any atom is -0.389 e. The van der Waals surface area contributed by atoms with Crippen molar-refractivity contribution >= 4 is 11.6 Å². The van der Waals surface area contributed by atoms with Gasteiger partial charge in [-0.2, -0.15) is 0 Å². The molecule has 0 aromatic rings. The molecule has 0 aromatic carbocycles. The molecule has 0 radical (unpaired) electrons. The number of allylic oxidation sites excluding steroid dienone is 1. The summed E-state index contributed by atoms with van der Waals surface area (Å²) in [4.78, 5) is 24.1. The lowest BCUT2D eigenvalue weighted by Gasteiger charge is -2.58. The van der Waals surface area contributed by atoms with E-state index in [0.717, 1.165) is 32.1 Å². The van der Waals surface area contributed by atoms with Crippen molar-refractivity contribution in [1.82, 2.24) is 0 Å². The van der Waals surface area contributed by atoms with Gasteiger partial charge in [0.05, 0.1) is 0 Å². The van der Waals surface area contributed by atoms with E-state index in [1.807, 2.05) is 6.08 Å². The Morgan fingerprint density at radius 1 is 1.12 bits per heavy atom. The highest BCUT2D eigenvalue weighted by atomic mass is 16.3. The second kappa shape index (κ2) is 5.52. The van der Waals surface area contributed by atoms with Crippen LogP contribution < -0.4 is 0 Å². The van der Waals surface area contributed by atoms with Gasteiger partial charge in [0.25, 0.3) is 0 Å². The average molecular weight is 330 g/mol. The monoisotopic (exact) mass is 330 g/mol. The highest BCUT2D eigenvalue weighted by Crippen LogP contribution is 2.66. The van der Waals surface area contributed by atoms with E-state index in [2.05, 4.69) is 13.8 Å². The van der Waals surface area contributed by atoms with Crippen LogP contribution in [0.4, 0.5) is 0 Å². The van der Waals surface area contributed by atoms with Crippen LogP contribution in [0.15, 0.2) is 11.6 Å². The van der Waals surface area contributed by atoms with Crippen molar-refractivity contribution in [2.75, 3.05) is 6.61 Å². The molecule has 0 heterocycles. The Morgan fingerprint density at radius 2 is 1.92 bits per heavy atom.